The van der Waals surface area contributed by atoms with Crippen LogP contribution in [0.2, 0.25) is 0 Å². The first-order valence-corrected chi connectivity index (χ1v) is 6.76. The summed E-state index contributed by atoms with van der Waals surface area (Å²) in [7, 11) is 0. The summed E-state index contributed by atoms with van der Waals surface area (Å²) in [6, 6.07) is 8.07. The van der Waals surface area contributed by atoms with Crippen LogP contribution in [0.4, 0.5) is 0 Å². The lowest BCUT2D eigenvalue weighted by Gasteiger charge is -2.21. The highest BCUT2D eigenvalue weighted by Crippen LogP contribution is 2.21. The SMILES string of the molecule is CCNC(C)(C#N)CSc1nnc2ccccn12. The molecule has 0 aliphatic rings. The zero-order valence-corrected chi connectivity index (χ0v) is 11.2. The van der Waals surface area contributed by atoms with Crippen LogP contribution in [0.15, 0.2) is 29.6 Å². The van der Waals surface area contributed by atoms with E-state index in [1.807, 2.05) is 42.6 Å². The molecule has 94 valence electrons. The van der Waals surface area contributed by atoms with Gasteiger partial charge < -0.3 is 0 Å². The highest BCUT2D eigenvalue weighted by molar-refractivity contribution is 7.99. The van der Waals surface area contributed by atoms with Gasteiger partial charge in [-0.1, -0.05) is 24.8 Å². The number of hydrogen-bond donors (Lipinski definition) is 1. The number of thioether (sulfide) groups is 1. The monoisotopic (exact) mass is 261 g/mol. The minimum Gasteiger partial charge on any atom is -0.299 e. The van der Waals surface area contributed by atoms with Gasteiger partial charge in [0.05, 0.1) is 6.07 Å². The average Bonchev–Trinajstić information content (AvgIpc) is 2.80. The summed E-state index contributed by atoms with van der Waals surface area (Å²) in [5.41, 5.74) is 0.280. The first-order valence-electron chi connectivity index (χ1n) is 5.77. The van der Waals surface area contributed by atoms with Gasteiger partial charge in [-0.3, -0.25) is 9.72 Å². The summed E-state index contributed by atoms with van der Waals surface area (Å²) < 4.78 is 1.93. The Bertz CT molecular complexity index is 573. The van der Waals surface area contributed by atoms with Gasteiger partial charge in [-0.25, -0.2) is 0 Å². The quantitative estimate of drug-likeness (QED) is 0.830. The smallest absolute Gasteiger partial charge is 0.195 e. The maximum absolute atomic E-state index is 9.19. The molecule has 0 fully saturated rings. The number of hydrogen-bond acceptors (Lipinski definition) is 5. The molecule has 0 amide bonds. The second kappa shape index (κ2) is 5.38. The van der Waals surface area contributed by atoms with Gasteiger partial charge in [-0.15, -0.1) is 10.2 Å². The highest BCUT2D eigenvalue weighted by atomic mass is 32.2. The number of fused-ring (bicyclic) bond motifs is 1. The third-order valence-electron chi connectivity index (χ3n) is 2.59. The molecule has 5 nitrogen and oxygen atoms in total. The molecule has 0 spiro atoms. The third kappa shape index (κ3) is 2.63. The molecule has 0 saturated carbocycles. The van der Waals surface area contributed by atoms with E-state index in [0.29, 0.717) is 5.75 Å². The van der Waals surface area contributed by atoms with Crippen LogP contribution in [-0.2, 0) is 0 Å². The van der Waals surface area contributed by atoms with Crippen LogP contribution in [0.5, 0.6) is 0 Å². The summed E-state index contributed by atoms with van der Waals surface area (Å²) >= 11 is 1.53. The van der Waals surface area contributed by atoms with E-state index < -0.39 is 5.54 Å². The van der Waals surface area contributed by atoms with Gasteiger partial charge in [0, 0.05) is 11.9 Å². The summed E-state index contributed by atoms with van der Waals surface area (Å²) in [5.74, 6) is 0.632. The van der Waals surface area contributed by atoms with Crippen molar-refractivity contribution in [3.05, 3.63) is 24.4 Å². The number of aromatic nitrogens is 3. The molecular formula is C12H15N5S. The van der Waals surface area contributed by atoms with Crippen molar-refractivity contribution in [3.63, 3.8) is 0 Å². The third-order valence-corrected chi connectivity index (χ3v) is 3.84. The normalized spacial score (nSPS) is 14.3. The second-order valence-electron chi connectivity index (χ2n) is 4.17. The van der Waals surface area contributed by atoms with Crippen molar-refractivity contribution in [3.8, 4) is 6.07 Å². The van der Waals surface area contributed by atoms with Crippen LogP contribution in [0.1, 0.15) is 13.8 Å². The average molecular weight is 261 g/mol. The lowest BCUT2D eigenvalue weighted by atomic mass is 10.1. The molecule has 2 rings (SSSR count). The van der Waals surface area contributed by atoms with E-state index in [1.54, 1.807) is 0 Å². The molecule has 0 aromatic carbocycles. The zero-order valence-electron chi connectivity index (χ0n) is 10.4. The van der Waals surface area contributed by atoms with Crippen molar-refractivity contribution in [1.82, 2.24) is 19.9 Å². The van der Waals surface area contributed by atoms with Crippen molar-refractivity contribution >= 4 is 17.4 Å². The minimum atomic E-state index is -0.542. The molecule has 1 unspecified atom stereocenters. The van der Waals surface area contributed by atoms with E-state index in [1.165, 1.54) is 11.8 Å². The predicted octanol–water partition coefficient (Wildman–Crippen LogP) is 1.71. The Labute approximate surface area is 110 Å². The van der Waals surface area contributed by atoms with Crippen molar-refractivity contribution in [2.45, 2.75) is 24.5 Å². The summed E-state index contributed by atoms with van der Waals surface area (Å²) in [4.78, 5) is 0. The first kappa shape index (κ1) is 12.9. The molecule has 0 bridgehead atoms. The maximum atomic E-state index is 9.19. The van der Waals surface area contributed by atoms with Gasteiger partial charge in [0.25, 0.3) is 0 Å². The van der Waals surface area contributed by atoms with Crippen molar-refractivity contribution in [1.29, 1.82) is 5.26 Å². The molecule has 18 heavy (non-hydrogen) atoms. The number of nitrogens with one attached hydrogen (secondary N) is 1. The Hall–Kier alpha value is -1.58. The van der Waals surface area contributed by atoms with E-state index in [9.17, 15) is 5.26 Å². The minimum absolute atomic E-state index is 0.542. The Morgan fingerprint density at radius 3 is 3.06 bits per heavy atom. The van der Waals surface area contributed by atoms with Crippen LogP contribution in [0, 0.1) is 11.3 Å². The summed E-state index contributed by atoms with van der Waals surface area (Å²) in [6.07, 6.45) is 1.93. The van der Waals surface area contributed by atoms with Crippen LogP contribution in [0.3, 0.4) is 0 Å². The standard InChI is InChI=1S/C12H15N5S/c1-3-14-12(2,8-13)9-18-11-16-15-10-6-4-5-7-17(10)11/h4-7,14H,3,9H2,1-2H3. The van der Waals surface area contributed by atoms with E-state index in [0.717, 1.165) is 17.3 Å². The fourth-order valence-corrected chi connectivity index (χ4v) is 2.62. The van der Waals surface area contributed by atoms with Crippen molar-refractivity contribution < 1.29 is 0 Å². The van der Waals surface area contributed by atoms with Gasteiger partial charge in [0.15, 0.2) is 10.8 Å². The fourth-order valence-electron chi connectivity index (χ4n) is 1.64. The maximum Gasteiger partial charge on any atom is 0.195 e. The lowest BCUT2D eigenvalue weighted by molar-refractivity contribution is 0.511. The molecule has 0 saturated heterocycles. The molecule has 0 aliphatic heterocycles. The number of nitriles is 1. The van der Waals surface area contributed by atoms with Crippen LogP contribution >= 0.6 is 11.8 Å². The molecule has 0 radical (unpaired) electrons. The number of pyridine rings is 1. The number of nitrogens with zero attached hydrogens (tertiary/aromatic N) is 4. The topological polar surface area (TPSA) is 66.0 Å². The summed E-state index contributed by atoms with van der Waals surface area (Å²) in [6.45, 7) is 4.66. The Morgan fingerprint density at radius 1 is 1.50 bits per heavy atom. The van der Waals surface area contributed by atoms with E-state index in [-0.39, 0.29) is 0 Å². The van der Waals surface area contributed by atoms with E-state index in [4.69, 9.17) is 0 Å². The fraction of sp³-hybridized carbons (Fsp3) is 0.417. The lowest BCUT2D eigenvalue weighted by Crippen LogP contribution is -2.43. The van der Waals surface area contributed by atoms with Crippen LogP contribution < -0.4 is 5.32 Å². The van der Waals surface area contributed by atoms with Gasteiger partial charge >= 0.3 is 0 Å². The zero-order chi connectivity index (χ0) is 13.0. The predicted molar refractivity (Wildman–Crippen MR) is 71.4 cm³/mol. The molecular weight excluding hydrogens is 246 g/mol. The van der Waals surface area contributed by atoms with Gasteiger partial charge in [0.2, 0.25) is 0 Å². The Balaban J connectivity index is 2.13. The largest absolute Gasteiger partial charge is 0.299 e. The van der Waals surface area contributed by atoms with Crippen molar-refractivity contribution in [2.75, 3.05) is 12.3 Å². The number of rotatable bonds is 5. The molecule has 0 aliphatic carbocycles. The first-order chi connectivity index (χ1) is 8.68. The summed E-state index contributed by atoms with van der Waals surface area (Å²) in [5, 5.41) is 21.4. The van der Waals surface area contributed by atoms with Crippen LogP contribution in [-0.4, -0.2) is 32.4 Å². The van der Waals surface area contributed by atoms with Crippen molar-refractivity contribution in [2.24, 2.45) is 0 Å². The Morgan fingerprint density at radius 2 is 2.33 bits per heavy atom. The Kier molecular flexibility index (Phi) is 3.84. The molecule has 2 heterocycles. The van der Waals surface area contributed by atoms with Crippen LogP contribution in [0.25, 0.3) is 5.65 Å². The highest BCUT2D eigenvalue weighted by Gasteiger charge is 2.23. The molecule has 2 aromatic heterocycles. The molecule has 6 heteroatoms. The second-order valence-corrected chi connectivity index (χ2v) is 5.12. The molecule has 1 N–H and O–H groups in total. The molecule has 1 atom stereocenters. The van der Waals surface area contributed by atoms with Gasteiger partial charge in [-0.2, -0.15) is 5.26 Å². The molecule has 2 aromatic rings. The van der Waals surface area contributed by atoms with E-state index in [2.05, 4.69) is 21.6 Å². The van der Waals surface area contributed by atoms with Gasteiger partial charge in [0.1, 0.15) is 5.54 Å². The van der Waals surface area contributed by atoms with E-state index >= 15 is 0 Å². The van der Waals surface area contributed by atoms with Gasteiger partial charge in [-0.05, 0) is 25.6 Å².